The summed E-state index contributed by atoms with van der Waals surface area (Å²) in [7, 11) is 0. The van der Waals surface area contributed by atoms with E-state index in [4.69, 9.17) is 4.74 Å². The van der Waals surface area contributed by atoms with E-state index >= 15 is 0 Å². The molecule has 1 heterocycles. The quantitative estimate of drug-likeness (QED) is 0.681. The maximum absolute atomic E-state index is 6.28. The maximum atomic E-state index is 6.28. The highest BCUT2D eigenvalue weighted by atomic mass is 16.5. The number of ether oxygens (including phenoxy) is 1. The van der Waals surface area contributed by atoms with Crippen LogP contribution >= 0.6 is 0 Å². The van der Waals surface area contributed by atoms with Gasteiger partial charge in [0, 0.05) is 12.0 Å². The van der Waals surface area contributed by atoms with Crippen molar-refractivity contribution in [3.63, 3.8) is 0 Å². The van der Waals surface area contributed by atoms with Gasteiger partial charge >= 0.3 is 0 Å². The Hall–Kier alpha value is -0.0800. The Kier molecular flexibility index (Phi) is 2.75. The summed E-state index contributed by atoms with van der Waals surface area (Å²) in [4.78, 5) is 0. The van der Waals surface area contributed by atoms with Crippen LogP contribution in [0.4, 0.5) is 0 Å². The highest BCUT2D eigenvalue weighted by Gasteiger charge is 2.46. The van der Waals surface area contributed by atoms with Gasteiger partial charge in [-0.3, -0.25) is 5.32 Å². The van der Waals surface area contributed by atoms with Crippen molar-refractivity contribution in [2.24, 2.45) is 11.3 Å². The Labute approximate surface area is 99.1 Å². The van der Waals surface area contributed by atoms with E-state index in [1.165, 1.54) is 57.9 Å². The number of hydrogen-bond donors (Lipinski definition) is 1. The molecule has 2 spiro atoms. The molecule has 3 aliphatic rings. The molecule has 0 aromatic carbocycles. The first-order valence-electron chi connectivity index (χ1n) is 7.11. The second-order valence-electron chi connectivity index (χ2n) is 6.53. The van der Waals surface area contributed by atoms with Gasteiger partial charge in [0.15, 0.2) is 0 Å². The minimum atomic E-state index is 0.0611. The molecular weight excluding hydrogens is 198 g/mol. The van der Waals surface area contributed by atoms with Crippen molar-refractivity contribution in [1.82, 2.24) is 5.32 Å². The number of nitrogens with one attached hydrogen (secondary N) is 1. The first-order chi connectivity index (χ1) is 7.72. The summed E-state index contributed by atoms with van der Waals surface area (Å²) in [6, 6.07) is 0. The van der Waals surface area contributed by atoms with Gasteiger partial charge in [-0.2, -0.15) is 0 Å². The molecule has 0 amide bonds. The van der Waals surface area contributed by atoms with Gasteiger partial charge in [0.2, 0.25) is 0 Å². The van der Waals surface area contributed by atoms with Gasteiger partial charge < -0.3 is 4.74 Å². The first-order valence-corrected chi connectivity index (χ1v) is 7.11. The third-order valence-corrected chi connectivity index (χ3v) is 5.17. The average Bonchev–Trinajstić information content (AvgIpc) is 2.42. The van der Waals surface area contributed by atoms with E-state index in [0.29, 0.717) is 5.41 Å². The van der Waals surface area contributed by atoms with Gasteiger partial charge in [-0.1, -0.05) is 19.8 Å². The topological polar surface area (TPSA) is 21.3 Å². The lowest BCUT2D eigenvalue weighted by atomic mass is 9.68. The fourth-order valence-electron chi connectivity index (χ4n) is 3.55. The number of rotatable bonds is 0. The van der Waals surface area contributed by atoms with E-state index in [9.17, 15) is 0 Å². The molecule has 0 aromatic rings. The van der Waals surface area contributed by atoms with Crippen molar-refractivity contribution in [3.05, 3.63) is 0 Å². The molecule has 2 nitrogen and oxygen atoms in total. The first kappa shape index (κ1) is 11.0. The molecule has 2 atom stereocenters. The van der Waals surface area contributed by atoms with Gasteiger partial charge in [0.05, 0.1) is 6.61 Å². The fourth-order valence-corrected chi connectivity index (χ4v) is 3.55. The standard InChI is InChI=1S/C14H25NO/c1-12-4-2-8-14(9-5-12)15-10-13(11-16-14)6-3-7-13/h12,15H,2-11H2,1H3. The van der Waals surface area contributed by atoms with Crippen molar-refractivity contribution >= 4 is 0 Å². The zero-order valence-electron chi connectivity index (χ0n) is 10.6. The zero-order valence-corrected chi connectivity index (χ0v) is 10.6. The van der Waals surface area contributed by atoms with E-state index in [-0.39, 0.29) is 5.72 Å². The second-order valence-corrected chi connectivity index (χ2v) is 6.53. The summed E-state index contributed by atoms with van der Waals surface area (Å²) in [6.45, 7) is 4.62. The predicted octanol–water partition coefficient (Wildman–Crippen LogP) is 3.07. The average molecular weight is 223 g/mol. The summed E-state index contributed by atoms with van der Waals surface area (Å²) in [5.74, 6) is 0.893. The molecule has 3 rings (SSSR count). The van der Waals surface area contributed by atoms with Crippen LogP contribution < -0.4 is 5.32 Å². The molecular formula is C14H25NO. The zero-order chi connectivity index (χ0) is 11.1. The van der Waals surface area contributed by atoms with E-state index in [1.807, 2.05) is 0 Å². The van der Waals surface area contributed by atoms with Crippen LogP contribution in [0.1, 0.15) is 58.3 Å². The van der Waals surface area contributed by atoms with Crippen molar-refractivity contribution in [2.45, 2.75) is 64.0 Å². The van der Waals surface area contributed by atoms with Crippen LogP contribution in [0, 0.1) is 11.3 Å². The highest BCUT2D eigenvalue weighted by molar-refractivity contribution is 4.97. The van der Waals surface area contributed by atoms with Gasteiger partial charge in [0.25, 0.3) is 0 Å². The van der Waals surface area contributed by atoms with Crippen molar-refractivity contribution in [1.29, 1.82) is 0 Å². The van der Waals surface area contributed by atoms with Gasteiger partial charge in [-0.25, -0.2) is 0 Å². The highest BCUT2D eigenvalue weighted by Crippen LogP contribution is 2.45. The molecule has 2 unspecified atom stereocenters. The van der Waals surface area contributed by atoms with Gasteiger partial charge in [-0.05, 0) is 44.4 Å². The lowest BCUT2D eigenvalue weighted by molar-refractivity contribution is -0.171. The molecule has 0 aromatic heterocycles. The molecule has 2 heteroatoms. The van der Waals surface area contributed by atoms with Crippen LogP contribution in [0.5, 0.6) is 0 Å². The Morgan fingerprint density at radius 2 is 1.94 bits per heavy atom. The Bertz CT molecular complexity index is 249. The molecule has 2 saturated carbocycles. The lowest BCUT2D eigenvalue weighted by Gasteiger charge is -2.51. The van der Waals surface area contributed by atoms with Crippen molar-refractivity contribution in [2.75, 3.05) is 13.2 Å². The van der Waals surface area contributed by atoms with Crippen molar-refractivity contribution < 1.29 is 4.74 Å². The Balaban J connectivity index is 1.62. The molecule has 0 bridgehead atoms. The minimum absolute atomic E-state index is 0.0611. The molecule has 1 N–H and O–H groups in total. The van der Waals surface area contributed by atoms with Crippen LogP contribution in [-0.4, -0.2) is 18.9 Å². The van der Waals surface area contributed by atoms with Crippen molar-refractivity contribution in [3.8, 4) is 0 Å². The summed E-state index contributed by atoms with van der Waals surface area (Å²) in [5.41, 5.74) is 0.592. The smallest absolute Gasteiger partial charge is 0.119 e. The molecule has 16 heavy (non-hydrogen) atoms. The second kappa shape index (κ2) is 3.99. The molecule has 3 fully saturated rings. The number of hydrogen-bond acceptors (Lipinski definition) is 2. The van der Waals surface area contributed by atoms with E-state index in [2.05, 4.69) is 12.2 Å². The maximum Gasteiger partial charge on any atom is 0.119 e. The van der Waals surface area contributed by atoms with E-state index in [0.717, 1.165) is 12.5 Å². The Morgan fingerprint density at radius 1 is 1.06 bits per heavy atom. The molecule has 92 valence electrons. The summed E-state index contributed by atoms with van der Waals surface area (Å²) >= 11 is 0. The largest absolute Gasteiger partial charge is 0.360 e. The normalized spacial score (nSPS) is 42.9. The van der Waals surface area contributed by atoms with Crippen LogP contribution in [0.15, 0.2) is 0 Å². The van der Waals surface area contributed by atoms with Gasteiger partial charge in [-0.15, -0.1) is 0 Å². The molecule has 1 saturated heterocycles. The molecule has 0 radical (unpaired) electrons. The summed E-state index contributed by atoms with van der Waals surface area (Å²) in [5, 5.41) is 3.77. The predicted molar refractivity (Wildman–Crippen MR) is 65.2 cm³/mol. The van der Waals surface area contributed by atoms with E-state index in [1.54, 1.807) is 0 Å². The summed E-state index contributed by atoms with van der Waals surface area (Å²) in [6.07, 6.45) is 10.7. The van der Waals surface area contributed by atoms with Crippen LogP contribution in [-0.2, 0) is 4.74 Å². The summed E-state index contributed by atoms with van der Waals surface area (Å²) < 4.78 is 6.28. The monoisotopic (exact) mass is 223 g/mol. The fraction of sp³-hybridized carbons (Fsp3) is 1.00. The molecule has 2 aliphatic carbocycles. The SMILES string of the molecule is CC1CCCC2(CC1)NCC1(CCC1)CO2. The lowest BCUT2D eigenvalue weighted by Crippen LogP contribution is -2.60. The third-order valence-electron chi connectivity index (χ3n) is 5.17. The van der Waals surface area contributed by atoms with Crippen LogP contribution in [0.2, 0.25) is 0 Å². The van der Waals surface area contributed by atoms with E-state index < -0.39 is 0 Å². The minimum Gasteiger partial charge on any atom is -0.360 e. The van der Waals surface area contributed by atoms with Crippen LogP contribution in [0.25, 0.3) is 0 Å². The molecule has 1 aliphatic heterocycles. The Morgan fingerprint density at radius 3 is 2.56 bits per heavy atom. The third kappa shape index (κ3) is 1.91. The van der Waals surface area contributed by atoms with Gasteiger partial charge in [0.1, 0.15) is 5.72 Å². The van der Waals surface area contributed by atoms with Crippen LogP contribution in [0.3, 0.4) is 0 Å².